The summed E-state index contributed by atoms with van der Waals surface area (Å²) >= 11 is 0. The predicted octanol–water partition coefficient (Wildman–Crippen LogP) is 1.66. The molecule has 3 heterocycles. The molecule has 0 radical (unpaired) electrons. The second-order valence-electron chi connectivity index (χ2n) is 6.66. The molecule has 0 aromatic carbocycles. The fraction of sp³-hybridized carbons (Fsp3) is 1.00. The van der Waals surface area contributed by atoms with E-state index in [1.165, 1.54) is 0 Å². The summed E-state index contributed by atoms with van der Waals surface area (Å²) in [6.07, 6.45) is 6.19. The maximum absolute atomic E-state index is 12.2. The van der Waals surface area contributed by atoms with Crippen LogP contribution < -0.4 is 0 Å². The Hall–Kier alpha value is -0.130. The molecular weight excluding hydrogens is 264 g/mol. The highest BCUT2D eigenvalue weighted by Gasteiger charge is 2.50. The average Bonchev–Trinajstić information content (AvgIpc) is 2.33. The molecule has 5 heteroatoms. The van der Waals surface area contributed by atoms with Crippen molar-refractivity contribution < 1.29 is 18.3 Å². The SMILES string of the molecule is O=S1(=O)C2CCCC1CC(O)(CC1CCOCC1)C2. The third kappa shape index (κ3) is 2.69. The Kier molecular flexibility index (Phi) is 3.65. The number of hydrogen-bond acceptors (Lipinski definition) is 4. The van der Waals surface area contributed by atoms with Gasteiger partial charge in [-0.25, -0.2) is 8.42 Å². The van der Waals surface area contributed by atoms with Crippen molar-refractivity contribution >= 4 is 9.84 Å². The van der Waals surface area contributed by atoms with Crippen LogP contribution in [0.3, 0.4) is 0 Å². The quantitative estimate of drug-likeness (QED) is 0.839. The van der Waals surface area contributed by atoms with E-state index in [0.717, 1.165) is 51.7 Å². The second-order valence-corrected chi connectivity index (χ2v) is 9.17. The van der Waals surface area contributed by atoms with Crippen LogP contribution in [0.4, 0.5) is 0 Å². The highest BCUT2D eigenvalue weighted by molar-refractivity contribution is 7.92. The highest BCUT2D eigenvalue weighted by atomic mass is 32.2. The molecule has 0 aliphatic carbocycles. The minimum Gasteiger partial charge on any atom is -0.390 e. The molecule has 3 aliphatic rings. The van der Waals surface area contributed by atoms with E-state index in [1.54, 1.807) is 0 Å². The summed E-state index contributed by atoms with van der Waals surface area (Å²) in [6.45, 7) is 1.57. The molecule has 2 atom stereocenters. The molecule has 19 heavy (non-hydrogen) atoms. The van der Waals surface area contributed by atoms with Gasteiger partial charge in [-0.15, -0.1) is 0 Å². The summed E-state index contributed by atoms with van der Waals surface area (Å²) < 4.78 is 29.8. The Labute approximate surface area is 115 Å². The molecule has 3 saturated heterocycles. The lowest BCUT2D eigenvalue weighted by Crippen LogP contribution is -2.52. The van der Waals surface area contributed by atoms with Crippen LogP contribution in [0.2, 0.25) is 0 Å². The molecule has 110 valence electrons. The van der Waals surface area contributed by atoms with E-state index in [2.05, 4.69) is 0 Å². The topological polar surface area (TPSA) is 63.6 Å². The lowest BCUT2D eigenvalue weighted by Gasteiger charge is -2.45. The molecule has 4 nitrogen and oxygen atoms in total. The van der Waals surface area contributed by atoms with Crippen molar-refractivity contribution in [2.45, 2.75) is 67.5 Å². The van der Waals surface area contributed by atoms with E-state index < -0.39 is 15.4 Å². The Morgan fingerprint density at radius 2 is 1.63 bits per heavy atom. The molecule has 0 aromatic rings. The van der Waals surface area contributed by atoms with E-state index in [4.69, 9.17) is 4.74 Å². The van der Waals surface area contributed by atoms with Crippen molar-refractivity contribution in [2.24, 2.45) is 5.92 Å². The monoisotopic (exact) mass is 288 g/mol. The molecule has 3 aliphatic heterocycles. The lowest BCUT2D eigenvalue weighted by atomic mass is 9.77. The molecule has 3 rings (SSSR count). The first-order valence-electron chi connectivity index (χ1n) is 7.52. The normalized spacial score (nSPS) is 43.0. The Morgan fingerprint density at radius 1 is 1.05 bits per heavy atom. The number of rotatable bonds is 2. The van der Waals surface area contributed by atoms with Gasteiger partial charge in [0.05, 0.1) is 16.1 Å². The molecule has 0 spiro atoms. The van der Waals surface area contributed by atoms with Crippen molar-refractivity contribution in [1.29, 1.82) is 0 Å². The van der Waals surface area contributed by atoms with Crippen LogP contribution >= 0.6 is 0 Å². The Morgan fingerprint density at radius 3 is 2.21 bits per heavy atom. The molecule has 0 saturated carbocycles. The fourth-order valence-corrected chi connectivity index (χ4v) is 6.82. The van der Waals surface area contributed by atoms with Crippen molar-refractivity contribution in [3.8, 4) is 0 Å². The van der Waals surface area contributed by atoms with Gasteiger partial charge in [0.1, 0.15) is 0 Å². The van der Waals surface area contributed by atoms with Gasteiger partial charge in [-0.1, -0.05) is 6.42 Å². The van der Waals surface area contributed by atoms with Crippen molar-refractivity contribution in [3.63, 3.8) is 0 Å². The summed E-state index contributed by atoms with van der Waals surface area (Å²) in [6, 6.07) is 0. The largest absolute Gasteiger partial charge is 0.390 e. The summed E-state index contributed by atoms with van der Waals surface area (Å²) in [5.74, 6) is 0.500. The first kappa shape index (κ1) is 13.8. The van der Waals surface area contributed by atoms with Crippen molar-refractivity contribution in [2.75, 3.05) is 13.2 Å². The molecule has 3 fully saturated rings. The van der Waals surface area contributed by atoms with Crippen molar-refractivity contribution in [3.05, 3.63) is 0 Å². The van der Waals surface area contributed by atoms with Gasteiger partial charge in [-0.3, -0.25) is 0 Å². The van der Waals surface area contributed by atoms with E-state index in [0.29, 0.717) is 18.8 Å². The molecule has 2 unspecified atom stereocenters. The molecule has 1 N–H and O–H groups in total. The molecular formula is C14H24O4S. The molecule has 2 bridgehead atoms. The predicted molar refractivity (Wildman–Crippen MR) is 72.7 cm³/mol. The van der Waals surface area contributed by atoms with Crippen LogP contribution in [-0.2, 0) is 14.6 Å². The van der Waals surface area contributed by atoms with E-state index in [-0.39, 0.29) is 10.5 Å². The third-order valence-corrected chi connectivity index (χ3v) is 7.87. The number of sulfone groups is 1. The number of hydrogen-bond donors (Lipinski definition) is 1. The van der Waals surface area contributed by atoms with Crippen LogP contribution in [0, 0.1) is 5.92 Å². The van der Waals surface area contributed by atoms with Crippen LogP contribution in [-0.4, -0.2) is 42.8 Å². The number of fused-ring (bicyclic) bond motifs is 2. The Bertz CT molecular complexity index is 405. The van der Waals surface area contributed by atoms with Gasteiger partial charge < -0.3 is 9.84 Å². The third-order valence-electron chi connectivity index (χ3n) is 5.21. The van der Waals surface area contributed by atoms with Gasteiger partial charge in [0.15, 0.2) is 9.84 Å². The number of aliphatic hydroxyl groups is 1. The number of ether oxygens (including phenoxy) is 1. The van der Waals surface area contributed by atoms with Crippen LogP contribution in [0.5, 0.6) is 0 Å². The summed E-state index contributed by atoms with van der Waals surface area (Å²) in [4.78, 5) is 0. The molecule has 0 amide bonds. The van der Waals surface area contributed by atoms with Crippen LogP contribution in [0.25, 0.3) is 0 Å². The molecule has 0 aromatic heterocycles. The summed E-state index contributed by atoms with van der Waals surface area (Å²) in [5.41, 5.74) is -0.747. The standard InChI is InChI=1S/C14H24O4S/c15-14(8-11-4-6-18-7-5-11)9-12-2-1-3-13(10-14)19(12,16)17/h11-13,15H,1-10H2. The fourth-order valence-electron chi connectivity index (χ4n) is 4.20. The van der Waals surface area contributed by atoms with E-state index >= 15 is 0 Å². The van der Waals surface area contributed by atoms with Gasteiger partial charge in [0.2, 0.25) is 0 Å². The minimum atomic E-state index is -2.96. The van der Waals surface area contributed by atoms with Gasteiger partial charge in [0.25, 0.3) is 0 Å². The van der Waals surface area contributed by atoms with Gasteiger partial charge in [-0.05, 0) is 50.9 Å². The van der Waals surface area contributed by atoms with Gasteiger partial charge in [-0.2, -0.15) is 0 Å². The Balaban J connectivity index is 1.71. The maximum Gasteiger partial charge on any atom is 0.156 e. The highest BCUT2D eigenvalue weighted by Crippen LogP contribution is 2.44. The second kappa shape index (κ2) is 5.01. The van der Waals surface area contributed by atoms with Crippen LogP contribution in [0.15, 0.2) is 0 Å². The van der Waals surface area contributed by atoms with Crippen LogP contribution in [0.1, 0.15) is 51.4 Å². The maximum atomic E-state index is 12.2. The first-order valence-corrected chi connectivity index (χ1v) is 9.13. The van der Waals surface area contributed by atoms with Crippen molar-refractivity contribution in [1.82, 2.24) is 0 Å². The zero-order valence-electron chi connectivity index (χ0n) is 11.4. The van der Waals surface area contributed by atoms with E-state index in [1.807, 2.05) is 0 Å². The minimum absolute atomic E-state index is 0.287. The smallest absolute Gasteiger partial charge is 0.156 e. The average molecular weight is 288 g/mol. The van der Waals surface area contributed by atoms with Gasteiger partial charge in [0, 0.05) is 13.2 Å². The first-order chi connectivity index (χ1) is 9.00. The zero-order chi connectivity index (χ0) is 13.5. The van der Waals surface area contributed by atoms with Gasteiger partial charge >= 0.3 is 0 Å². The zero-order valence-corrected chi connectivity index (χ0v) is 12.2. The lowest BCUT2D eigenvalue weighted by molar-refractivity contribution is -0.0315. The summed E-state index contributed by atoms with van der Waals surface area (Å²) in [5, 5.41) is 10.3. The van der Waals surface area contributed by atoms with E-state index in [9.17, 15) is 13.5 Å². The summed E-state index contributed by atoms with van der Waals surface area (Å²) in [7, 11) is -2.96.